The Labute approximate surface area is 163 Å². The first-order chi connectivity index (χ1) is 12.7. The second-order valence-electron chi connectivity index (χ2n) is 6.48. The lowest BCUT2D eigenvalue weighted by Gasteiger charge is -2.30. The van der Waals surface area contributed by atoms with Crippen LogP contribution in [0.4, 0.5) is 4.39 Å². The standard InChI is InChI=1S/C21H18FN3O.ClH/c22-19-6-4-18(5-7-19)21(9-1-11-25-12-2-10-24-25)20-8-3-16(14-23)13-17(20)15-26-21;/h2-8,10,12-13H,1,9,11,15H2;1H. The summed E-state index contributed by atoms with van der Waals surface area (Å²) in [7, 11) is 0. The third-order valence-corrected chi connectivity index (χ3v) is 4.93. The van der Waals surface area contributed by atoms with E-state index in [1.165, 1.54) is 12.1 Å². The van der Waals surface area contributed by atoms with Gasteiger partial charge in [0.1, 0.15) is 11.4 Å². The van der Waals surface area contributed by atoms with E-state index in [1.54, 1.807) is 18.3 Å². The molecule has 1 aliphatic rings. The van der Waals surface area contributed by atoms with Gasteiger partial charge in [-0.3, -0.25) is 4.68 Å². The highest BCUT2D eigenvalue weighted by Crippen LogP contribution is 2.45. The molecule has 2 heterocycles. The lowest BCUT2D eigenvalue weighted by atomic mass is 9.81. The van der Waals surface area contributed by atoms with Crippen molar-refractivity contribution in [2.45, 2.75) is 31.6 Å². The van der Waals surface area contributed by atoms with E-state index < -0.39 is 5.60 Å². The summed E-state index contributed by atoms with van der Waals surface area (Å²) in [6.07, 6.45) is 5.31. The summed E-state index contributed by atoms with van der Waals surface area (Å²) in [5.74, 6) is -0.265. The molecule has 1 aliphatic heterocycles. The van der Waals surface area contributed by atoms with Gasteiger partial charge in [-0.05, 0) is 59.9 Å². The first-order valence-electron chi connectivity index (χ1n) is 8.62. The maximum atomic E-state index is 13.4. The van der Waals surface area contributed by atoms with Gasteiger partial charge in [-0.25, -0.2) is 4.39 Å². The Morgan fingerprint density at radius 2 is 2.04 bits per heavy atom. The molecule has 0 spiro atoms. The molecule has 4 nitrogen and oxygen atoms in total. The van der Waals surface area contributed by atoms with Crippen LogP contribution in [0.3, 0.4) is 0 Å². The molecular formula is C21H19ClFN3O. The maximum absolute atomic E-state index is 13.4. The fourth-order valence-electron chi connectivity index (χ4n) is 3.69. The van der Waals surface area contributed by atoms with E-state index >= 15 is 0 Å². The number of benzene rings is 2. The van der Waals surface area contributed by atoms with Crippen molar-refractivity contribution in [3.8, 4) is 6.07 Å². The first-order valence-corrected chi connectivity index (χ1v) is 8.62. The normalized spacial score (nSPS) is 17.8. The van der Waals surface area contributed by atoms with Crippen LogP contribution in [0.1, 0.15) is 35.1 Å². The van der Waals surface area contributed by atoms with Gasteiger partial charge < -0.3 is 4.74 Å². The summed E-state index contributed by atoms with van der Waals surface area (Å²) in [5.41, 5.74) is 3.02. The molecule has 0 amide bonds. The topological polar surface area (TPSA) is 50.8 Å². The highest BCUT2D eigenvalue weighted by atomic mass is 35.5. The number of nitrogens with zero attached hydrogens (tertiary/aromatic N) is 3. The number of aryl methyl sites for hydroxylation is 1. The fraction of sp³-hybridized carbons (Fsp3) is 0.238. The van der Waals surface area contributed by atoms with E-state index in [2.05, 4.69) is 11.2 Å². The zero-order chi connectivity index (χ0) is 18.0. The number of hydrogen-bond acceptors (Lipinski definition) is 3. The monoisotopic (exact) mass is 383 g/mol. The molecule has 3 aromatic rings. The van der Waals surface area contributed by atoms with Crippen LogP contribution in [0, 0.1) is 17.1 Å². The first kappa shape index (κ1) is 19.1. The predicted molar refractivity (Wildman–Crippen MR) is 102 cm³/mol. The number of aromatic nitrogens is 2. The molecule has 0 saturated carbocycles. The van der Waals surface area contributed by atoms with Gasteiger partial charge in [-0.1, -0.05) is 18.2 Å². The highest BCUT2D eigenvalue weighted by Gasteiger charge is 2.41. The number of nitriles is 1. The van der Waals surface area contributed by atoms with Crippen molar-refractivity contribution in [3.05, 3.63) is 89.0 Å². The van der Waals surface area contributed by atoms with Gasteiger partial charge in [0.25, 0.3) is 0 Å². The van der Waals surface area contributed by atoms with Crippen LogP contribution in [-0.4, -0.2) is 9.78 Å². The van der Waals surface area contributed by atoms with Crippen molar-refractivity contribution >= 4 is 12.4 Å². The van der Waals surface area contributed by atoms with Gasteiger partial charge in [-0.2, -0.15) is 10.4 Å². The minimum Gasteiger partial charge on any atom is -0.361 e. The second-order valence-corrected chi connectivity index (χ2v) is 6.48. The molecule has 27 heavy (non-hydrogen) atoms. The number of halogens is 2. The Balaban J connectivity index is 0.00000210. The van der Waals surface area contributed by atoms with Crippen LogP contribution >= 0.6 is 12.4 Å². The molecule has 0 aliphatic carbocycles. The van der Waals surface area contributed by atoms with E-state index in [0.717, 1.165) is 36.1 Å². The third kappa shape index (κ3) is 3.59. The molecule has 6 heteroatoms. The summed E-state index contributed by atoms with van der Waals surface area (Å²) < 4.78 is 21.6. The molecule has 1 atom stereocenters. The lowest BCUT2D eigenvalue weighted by molar-refractivity contribution is -0.0139. The molecule has 0 bridgehead atoms. The van der Waals surface area contributed by atoms with Gasteiger partial charge in [0.05, 0.1) is 18.2 Å². The van der Waals surface area contributed by atoms with Crippen LogP contribution in [0.2, 0.25) is 0 Å². The van der Waals surface area contributed by atoms with Crippen LogP contribution < -0.4 is 0 Å². The minimum atomic E-state index is -0.621. The van der Waals surface area contributed by atoms with Crippen molar-refractivity contribution in [2.24, 2.45) is 0 Å². The summed E-state index contributed by atoms with van der Waals surface area (Å²) in [6.45, 7) is 1.23. The average molecular weight is 384 g/mol. The third-order valence-electron chi connectivity index (χ3n) is 4.93. The summed E-state index contributed by atoms with van der Waals surface area (Å²) in [6, 6.07) is 16.3. The van der Waals surface area contributed by atoms with Gasteiger partial charge in [0, 0.05) is 18.9 Å². The minimum absolute atomic E-state index is 0. The van der Waals surface area contributed by atoms with Crippen molar-refractivity contribution in [2.75, 3.05) is 0 Å². The molecule has 2 aromatic carbocycles. The van der Waals surface area contributed by atoms with Gasteiger partial charge in [0.15, 0.2) is 0 Å². The number of rotatable bonds is 5. The Hall–Kier alpha value is -2.68. The Morgan fingerprint density at radius 1 is 1.22 bits per heavy atom. The zero-order valence-electron chi connectivity index (χ0n) is 14.6. The van der Waals surface area contributed by atoms with Crippen molar-refractivity contribution in [3.63, 3.8) is 0 Å². The molecule has 0 saturated heterocycles. The van der Waals surface area contributed by atoms with E-state index in [9.17, 15) is 4.39 Å². The van der Waals surface area contributed by atoms with Crippen LogP contribution in [0.15, 0.2) is 60.9 Å². The SMILES string of the molecule is Cl.N#Cc1ccc2c(c1)COC2(CCCn1cccn1)c1ccc(F)cc1. The molecule has 138 valence electrons. The molecule has 4 rings (SSSR count). The summed E-state index contributed by atoms with van der Waals surface area (Å²) in [4.78, 5) is 0. The summed E-state index contributed by atoms with van der Waals surface area (Å²) in [5, 5.41) is 13.4. The second kappa shape index (κ2) is 7.91. The lowest BCUT2D eigenvalue weighted by Crippen LogP contribution is -2.27. The predicted octanol–water partition coefficient (Wildman–Crippen LogP) is 4.57. The molecule has 1 aromatic heterocycles. The number of hydrogen-bond donors (Lipinski definition) is 0. The largest absolute Gasteiger partial charge is 0.361 e. The molecular weight excluding hydrogens is 365 g/mol. The van der Waals surface area contributed by atoms with E-state index in [1.807, 2.05) is 35.1 Å². The van der Waals surface area contributed by atoms with Crippen LogP contribution in [-0.2, 0) is 23.5 Å². The van der Waals surface area contributed by atoms with E-state index in [0.29, 0.717) is 12.2 Å². The van der Waals surface area contributed by atoms with Gasteiger partial charge >= 0.3 is 0 Å². The quantitative estimate of drug-likeness (QED) is 0.648. The molecule has 1 unspecified atom stereocenters. The number of ether oxygens (including phenoxy) is 1. The molecule has 0 N–H and O–H groups in total. The Bertz CT molecular complexity index is 951. The number of fused-ring (bicyclic) bond motifs is 1. The Morgan fingerprint density at radius 3 is 2.74 bits per heavy atom. The van der Waals surface area contributed by atoms with Gasteiger partial charge in [-0.15, -0.1) is 12.4 Å². The van der Waals surface area contributed by atoms with Gasteiger partial charge in [0.2, 0.25) is 0 Å². The average Bonchev–Trinajstić information content (AvgIpc) is 3.31. The Kier molecular flexibility index (Phi) is 5.59. The summed E-state index contributed by atoms with van der Waals surface area (Å²) >= 11 is 0. The zero-order valence-corrected chi connectivity index (χ0v) is 15.5. The smallest absolute Gasteiger partial charge is 0.123 e. The fourth-order valence-corrected chi connectivity index (χ4v) is 3.69. The molecule has 0 fully saturated rings. The molecule has 0 radical (unpaired) electrons. The van der Waals surface area contributed by atoms with Crippen LogP contribution in [0.25, 0.3) is 0 Å². The highest BCUT2D eigenvalue weighted by molar-refractivity contribution is 5.85. The van der Waals surface area contributed by atoms with Crippen LogP contribution in [0.5, 0.6) is 0 Å². The van der Waals surface area contributed by atoms with Crippen molar-refractivity contribution < 1.29 is 9.13 Å². The van der Waals surface area contributed by atoms with E-state index in [-0.39, 0.29) is 18.2 Å². The maximum Gasteiger partial charge on any atom is 0.123 e. The van der Waals surface area contributed by atoms with Crippen molar-refractivity contribution in [1.29, 1.82) is 5.26 Å². The van der Waals surface area contributed by atoms with Crippen molar-refractivity contribution in [1.82, 2.24) is 9.78 Å². The van der Waals surface area contributed by atoms with E-state index in [4.69, 9.17) is 10.00 Å².